The third kappa shape index (κ3) is 5.48. The Morgan fingerprint density at radius 1 is 0.409 bits per heavy atom. The Balaban J connectivity index is 1.27. The van der Waals surface area contributed by atoms with Crippen molar-refractivity contribution in [2.75, 3.05) is 48.6 Å². The van der Waals surface area contributed by atoms with Crippen LogP contribution in [0.25, 0.3) is 0 Å². The van der Waals surface area contributed by atoms with E-state index in [0.29, 0.717) is 13.1 Å². The molecule has 0 radical (unpaired) electrons. The Hall–Kier alpha value is -4.15. The van der Waals surface area contributed by atoms with E-state index in [2.05, 4.69) is 159 Å². The maximum absolute atomic E-state index is 16.1. The van der Waals surface area contributed by atoms with Gasteiger partial charge in [-0.1, -0.05) is 127 Å². The van der Waals surface area contributed by atoms with Gasteiger partial charge < -0.3 is 9.34 Å². The average Bonchev–Trinajstić information content (AvgIpc) is 3.45. The summed E-state index contributed by atoms with van der Waals surface area (Å²) in [5.74, 6) is -0.277. The predicted octanol–water partition coefficient (Wildman–Crippen LogP) is 8.31. The molecule has 5 aromatic rings. The minimum atomic E-state index is -3.22. The normalized spacial score (nSPS) is 18.0. The summed E-state index contributed by atoms with van der Waals surface area (Å²) >= 11 is 0. The van der Waals surface area contributed by atoms with Crippen LogP contribution in [0.1, 0.15) is 28.5 Å². The molecule has 0 bridgehead atoms. The molecule has 0 N–H and O–H groups in total. The molecule has 2 fully saturated rings. The molecule has 2 aliphatic heterocycles. The van der Waals surface area contributed by atoms with E-state index in [1.807, 2.05) is 12.1 Å². The van der Waals surface area contributed by atoms with E-state index in [0.717, 1.165) is 43.1 Å². The minimum absolute atomic E-state index is 0.179. The van der Waals surface area contributed by atoms with Gasteiger partial charge in [0.15, 0.2) is 0 Å². The fraction of sp³-hybridized carbons (Fsp3) is 0.211. The number of piperazine rings is 1. The van der Waals surface area contributed by atoms with Crippen LogP contribution in [0.5, 0.6) is 0 Å². The number of benzene rings is 5. The number of nitrogens with zero attached hydrogens (tertiary/aromatic N) is 4. The van der Waals surface area contributed by atoms with Crippen molar-refractivity contribution in [2.45, 2.75) is 11.8 Å². The fourth-order valence-electron chi connectivity index (χ4n) is 7.03. The monoisotopic (exact) mass is 598 g/mol. The number of hydrogen-bond donors (Lipinski definition) is 0. The molecule has 2 heterocycles. The van der Waals surface area contributed by atoms with Crippen LogP contribution in [0.2, 0.25) is 0 Å². The number of anilines is 2. The van der Waals surface area contributed by atoms with Crippen molar-refractivity contribution in [1.29, 1.82) is 0 Å². The van der Waals surface area contributed by atoms with Crippen LogP contribution >= 0.6 is 7.44 Å². The van der Waals surface area contributed by atoms with Gasteiger partial charge in [0, 0.05) is 50.6 Å². The molecule has 0 aromatic heterocycles. The molecule has 0 aliphatic carbocycles. The molecular weight excluding hydrogens is 559 g/mol. The Labute approximate surface area is 261 Å². The second kappa shape index (κ2) is 12.8. The molecule has 44 heavy (non-hydrogen) atoms. The summed E-state index contributed by atoms with van der Waals surface area (Å²) in [5.41, 5.74) is 5.75. The van der Waals surface area contributed by atoms with E-state index >= 15 is 4.57 Å². The molecule has 222 valence electrons. The fourth-order valence-corrected chi connectivity index (χ4v) is 10.7. The van der Waals surface area contributed by atoms with Crippen LogP contribution < -0.4 is 9.34 Å². The lowest BCUT2D eigenvalue weighted by Crippen LogP contribution is -2.50. The third-order valence-corrected chi connectivity index (χ3v) is 12.5. The average molecular weight is 599 g/mol. The maximum atomic E-state index is 16.1. The topological polar surface area (TPSA) is 30.0 Å². The molecule has 2 aliphatic rings. The third-order valence-electron chi connectivity index (χ3n) is 9.03. The first kappa shape index (κ1) is 28.6. The summed E-state index contributed by atoms with van der Waals surface area (Å²) in [7, 11) is -3.22. The molecule has 0 unspecified atom stereocenters. The SMILES string of the molecule is O=P1([C@@H](c2ccccc2)N2CCN(C(c3ccccc3)c3ccccc3)CC2)N(c2ccccc2)CCN1c1ccccc1. The van der Waals surface area contributed by atoms with Gasteiger partial charge in [0.1, 0.15) is 5.78 Å². The van der Waals surface area contributed by atoms with Crippen LogP contribution in [-0.2, 0) is 4.57 Å². The molecule has 0 saturated carbocycles. The summed E-state index contributed by atoms with van der Waals surface area (Å²) in [6.45, 7) is 4.84. The molecule has 0 spiro atoms. The van der Waals surface area contributed by atoms with E-state index in [1.54, 1.807) is 0 Å². The second-order valence-electron chi connectivity index (χ2n) is 11.6. The zero-order chi connectivity index (χ0) is 29.8. The minimum Gasteiger partial charge on any atom is -0.304 e. The van der Waals surface area contributed by atoms with Crippen LogP contribution in [0.15, 0.2) is 152 Å². The molecule has 6 heteroatoms. The highest BCUT2D eigenvalue weighted by molar-refractivity contribution is 7.67. The Kier molecular flexibility index (Phi) is 8.35. The van der Waals surface area contributed by atoms with Crippen molar-refractivity contribution in [1.82, 2.24) is 9.80 Å². The molecule has 0 amide bonds. The Morgan fingerprint density at radius 3 is 1.16 bits per heavy atom. The first-order valence-electron chi connectivity index (χ1n) is 15.6. The largest absolute Gasteiger partial charge is 0.304 e. The van der Waals surface area contributed by atoms with Crippen molar-refractivity contribution >= 4 is 18.8 Å². The van der Waals surface area contributed by atoms with Gasteiger partial charge in [-0.25, -0.2) is 0 Å². The second-order valence-corrected chi connectivity index (χ2v) is 14.2. The Bertz CT molecular complexity index is 1570. The molecule has 7 rings (SSSR count). The van der Waals surface area contributed by atoms with Gasteiger partial charge >= 0.3 is 0 Å². The van der Waals surface area contributed by atoms with E-state index in [9.17, 15) is 0 Å². The zero-order valence-corrected chi connectivity index (χ0v) is 25.9. The van der Waals surface area contributed by atoms with E-state index in [-0.39, 0.29) is 11.8 Å². The van der Waals surface area contributed by atoms with Crippen molar-refractivity contribution in [3.63, 3.8) is 0 Å². The quantitative estimate of drug-likeness (QED) is 0.168. The number of para-hydroxylation sites is 2. The molecule has 1 atom stereocenters. The van der Waals surface area contributed by atoms with E-state index in [4.69, 9.17) is 0 Å². The van der Waals surface area contributed by atoms with Crippen molar-refractivity contribution < 1.29 is 4.57 Å². The summed E-state index contributed by atoms with van der Waals surface area (Å²) in [6.07, 6.45) is 0. The van der Waals surface area contributed by atoms with Crippen LogP contribution in [0.4, 0.5) is 11.4 Å². The molecule has 5 nitrogen and oxygen atoms in total. The number of rotatable bonds is 8. The zero-order valence-electron chi connectivity index (χ0n) is 25.0. The lowest BCUT2D eigenvalue weighted by molar-refractivity contribution is 0.0989. The standard InChI is InChI=1S/C38H39N4OP/c43-44(41(35-22-12-4-13-23-35)30-31-42(44)36-24-14-5-15-25-36)38(34-20-10-3-11-21-34)40-28-26-39(27-29-40)37(32-16-6-1-7-17-32)33-18-8-2-9-19-33/h1-25,37-38H,26-31H2/t38-/m0/s1. The van der Waals surface area contributed by atoms with Gasteiger partial charge in [-0.15, -0.1) is 0 Å². The van der Waals surface area contributed by atoms with E-state index in [1.165, 1.54) is 11.1 Å². The van der Waals surface area contributed by atoms with Crippen LogP contribution in [0, 0.1) is 0 Å². The van der Waals surface area contributed by atoms with Gasteiger partial charge in [0.05, 0.1) is 6.04 Å². The molecule has 5 aromatic carbocycles. The Morgan fingerprint density at radius 2 is 0.750 bits per heavy atom. The first-order chi connectivity index (χ1) is 21.7. The molecule has 2 saturated heterocycles. The lowest BCUT2D eigenvalue weighted by Gasteiger charge is -2.47. The number of hydrogen-bond acceptors (Lipinski definition) is 3. The highest BCUT2D eigenvalue weighted by Crippen LogP contribution is 2.69. The lowest BCUT2D eigenvalue weighted by atomic mass is 9.96. The summed E-state index contributed by atoms with van der Waals surface area (Å²) < 4.78 is 20.5. The van der Waals surface area contributed by atoms with Crippen LogP contribution in [-0.4, -0.2) is 49.1 Å². The smallest absolute Gasteiger partial charge is 0.284 e. The predicted molar refractivity (Wildman–Crippen MR) is 182 cm³/mol. The van der Waals surface area contributed by atoms with Gasteiger partial charge in [-0.05, 0) is 41.0 Å². The van der Waals surface area contributed by atoms with Crippen LogP contribution in [0.3, 0.4) is 0 Å². The first-order valence-corrected chi connectivity index (χ1v) is 17.3. The van der Waals surface area contributed by atoms with E-state index < -0.39 is 7.44 Å². The van der Waals surface area contributed by atoms with Crippen molar-refractivity contribution in [3.8, 4) is 0 Å². The molecular formula is C38H39N4OP. The van der Waals surface area contributed by atoms with Crippen molar-refractivity contribution in [2.24, 2.45) is 0 Å². The van der Waals surface area contributed by atoms with Gasteiger partial charge in [-0.2, -0.15) is 0 Å². The van der Waals surface area contributed by atoms with Crippen molar-refractivity contribution in [3.05, 3.63) is 168 Å². The van der Waals surface area contributed by atoms with Gasteiger partial charge in [0.25, 0.3) is 7.44 Å². The summed E-state index contributed by atoms with van der Waals surface area (Å²) in [5, 5.41) is 0. The van der Waals surface area contributed by atoms with Gasteiger partial charge in [0.2, 0.25) is 0 Å². The highest BCUT2D eigenvalue weighted by Gasteiger charge is 2.52. The van der Waals surface area contributed by atoms with Gasteiger partial charge in [-0.3, -0.25) is 14.4 Å². The maximum Gasteiger partial charge on any atom is 0.284 e. The summed E-state index contributed by atoms with van der Waals surface area (Å²) in [4.78, 5) is 5.09. The highest BCUT2D eigenvalue weighted by atomic mass is 31.2. The summed E-state index contributed by atoms with van der Waals surface area (Å²) in [6, 6.07) is 53.1.